The Labute approximate surface area is 106 Å². The van der Waals surface area contributed by atoms with Crippen LogP contribution in [0.3, 0.4) is 0 Å². The Kier molecular flexibility index (Phi) is 3.58. The summed E-state index contributed by atoms with van der Waals surface area (Å²) in [5.74, 6) is 0. The summed E-state index contributed by atoms with van der Waals surface area (Å²) in [6, 6.07) is 3.70. The van der Waals surface area contributed by atoms with Crippen LogP contribution in [0, 0.1) is 0 Å². The lowest BCUT2D eigenvalue weighted by Gasteiger charge is -2.06. The van der Waals surface area contributed by atoms with Crippen molar-refractivity contribution in [2.45, 2.75) is 12.5 Å². The Morgan fingerprint density at radius 1 is 1.65 bits per heavy atom. The van der Waals surface area contributed by atoms with Gasteiger partial charge >= 0.3 is 6.09 Å². The molecule has 0 bridgehead atoms. The molecule has 0 fully saturated rings. The molecule has 1 aliphatic rings. The predicted molar refractivity (Wildman–Crippen MR) is 64.0 cm³/mol. The van der Waals surface area contributed by atoms with Gasteiger partial charge < -0.3 is 15.3 Å². The van der Waals surface area contributed by atoms with Crippen LogP contribution in [0.4, 0.5) is 4.79 Å². The van der Waals surface area contributed by atoms with Gasteiger partial charge in [0.05, 0.1) is 12.2 Å². The fourth-order valence-electron chi connectivity index (χ4n) is 1.44. The highest BCUT2D eigenvalue weighted by Gasteiger charge is 2.23. The smallest absolute Gasteiger partial charge is 0.404 e. The van der Waals surface area contributed by atoms with Gasteiger partial charge in [-0.05, 0) is 28.1 Å². The van der Waals surface area contributed by atoms with Gasteiger partial charge in [0.25, 0.3) is 0 Å². The second-order valence-corrected chi connectivity index (χ2v) is 4.43. The van der Waals surface area contributed by atoms with Gasteiger partial charge in [-0.3, -0.25) is 4.98 Å². The van der Waals surface area contributed by atoms with Gasteiger partial charge in [0.1, 0.15) is 5.71 Å². The lowest BCUT2D eigenvalue weighted by molar-refractivity contribution is 0.0841. The van der Waals surface area contributed by atoms with Crippen LogP contribution >= 0.6 is 15.9 Å². The number of pyridine rings is 1. The fraction of sp³-hybridized carbons (Fsp3) is 0.300. The Morgan fingerprint density at radius 3 is 3.12 bits per heavy atom. The van der Waals surface area contributed by atoms with E-state index in [1.807, 2.05) is 12.1 Å². The molecule has 1 unspecified atom stereocenters. The van der Waals surface area contributed by atoms with Gasteiger partial charge in [-0.2, -0.15) is 0 Å². The minimum Gasteiger partial charge on any atom is -0.465 e. The van der Waals surface area contributed by atoms with Gasteiger partial charge in [0, 0.05) is 17.1 Å². The van der Waals surface area contributed by atoms with Crippen LogP contribution in [0.5, 0.6) is 0 Å². The molecular weight excluding hydrogens is 290 g/mol. The summed E-state index contributed by atoms with van der Waals surface area (Å²) in [7, 11) is 0. The SMILES string of the molecule is O=C(O)NCC1CC(c2ccc(Br)cn2)=NO1. The van der Waals surface area contributed by atoms with Crippen LogP contribution < -0.4 is 5.32 Å². The standard InChI is InChI=1S/C10H10BrN3O3/c11-6-1-2-8(12-4-6)9-3-7(17-14-9)5-13-10(15)16/h1-2,4,7,13H,3,5H2,(H,15,16). The molecule has 0 saturated heterocycles. The molecule has 1 aliphatic heterocycles. The van der Waals surface area contributed by atoms with E-state index < -0.39 is 6.09 Å². The third kappa shape index (κ3) is 3.16. The predicted octanol–water partition coefficient (Wildman–Crippen LogP) is 1.60. The number of carbonyl (C=O) groups is 1. The number of carboxylic acid groups (broad SMARTS) is 1. The van der Waals surface area contributed by atoms with Crippen LogP contribution in [0.25, 0.3) is 0 Å². The molecule has 0 radical (unpaired) electrons. The van der Waals surface area contributed by atoms with Crippen molar-refractivity contribution < 1.29 is 14.7 Å². The molecular formula is C10H10BrN3O3. The first-order valence-corrected chi connectivity index (χ1v) is 5.76. The summed E-state index contributed by atoms with van der Waals surface area (Å²) in [6.45, 7) is 0.221. The maximum atomic E-state index is 10.3. The number of nitrogens with zero attached hydrogens (tertiary/aromatic N) is 2. The van der Waals surface area contributed by atoms with E-state index in [-0.39, 0.29) is 12.6 Å². The molecule has 1 aromatic rings. The van der Waals surface area contributed by atoms with Crippen molar-refractivity contribution in [3.05, 3.63) is 28.5 Å². The molecule has 0 aromatic carbocycles. The monoisotopic (exact) mass is 299 g/mol. The van der Waals surface area contributed by atoms with Gasteiger partial charge in [0.2, 0.25) is 0 Å². The lowest BCUT2D eigenvalue weighted by Crippen LogP contribution is -2.31. The average Bonchev–Trinajstić information content (AvgIpc) is 2.76. The number of hydrogen-bond donors (Lipinski definition) is 2. The number of oxime groups is 1. The highest BCUT2D eigenvalue weighted by Crippen LogP contribution is 2.16. The normalized spacial score (nSPS) is 18.4. The molecule has 0 spiro atoms. The summed E-state index contributed by atoms with van der Waals surface area (Å²) < 4.78 is 0.893. The van der Waals surface area contributed by atoms with Crippen LogP contribution in [-0.2, 0) is 4.84 Å². The van der Waals surface area contributed by atoms with E-state index in [0.717, 1.165) is 15.9 Å². The molecule has 90 valence electrons. The summed E-state index contributed by atoms with van der Waals surface area (Å²) >= 11 is 3.30. The van der Waals surface area contributed by atoms with Crippen LogP contribution in [0.15, 0.2) is 28.0 Å². The molecule has 1 atom stereocenters. The van der Waals surface area contributed by atoms with Gasteiger partial charge in [0.15, 0.2) is 6.10 Å². The third-order valence-electron chi connectivity index (χ3n) is 2.24. The van der Waals surface area contributed by atoms with E-state index in [9.17, 15) is 4.79 Å². The number of nitrogens with one attached hydrogen (secondary N) is 1. The Balaban J connectivity index is 1.93. The molecule has 0 saturated carbocycles. The number of halogens is 1. The fourth-order valence-corrected chi connectivity index (χ4v) is 1.67. The average molecular weight is 300 g/mol. The maximum absolute atomic E-state index is 10.3. The van der Waals surface area contributed by atoms with Crippen molar-refractivity contribution >= 4 is 27.7 Å². The van der Waals surface area contributed by atoms with E-state index in [2.05, 4.69) is 31.4 Å². The quantitative estimate of drug-likeness (QED) is 0.888. The lowest BCUT2D eigenvalue weighted by atomic mass is 10.1. The van der Waals surface area contributed by atoms with Gasteiger partial charge in [-0.25, -0.2) is 4.79 Å². The van der Waals surface area contributed by atoms with Crippen molar-refractivity contribution in [1.29, 1.82) is 0 Å². The number of amides is 1. The third-order valence-corrected chi connectivity index (χ3v) is 2.71. The second kappa shape index (κ2) is 5.13. The minimum absolute atomic E-state index is 0.221. The van der Waals surface area contributed by atoms with Crippen LogP contribution in [0.2, 0.25) is 0 Å². The van der Waals surface area contributed by atoms with E-state index in [1.54, 1.807) is 6.20 Å². The van der Waals surface area contributed by atoms with Crippen molar-refractivity contribution in [2.75, 3.05) is 6.54 Å². The maximum Gasteiger partial charge on any atom is 0.404 e. The molecule has 0 aliphatic carbocycles. The van der Waals surface area contributed by atoms with Gasteiger partial charge in [-0.1, -0.05) is 5.16 Å². The van der Waals surface area contributed by atoms with Crippen LogP contribution in [-0.4, -0.2) is 34.5 Å². The zero-order chi connectivity index (χ0) is 12.3. The topological polar surface area (TPSA) is 83.8 Å². The first-order valence-electron chi connectivity index (χ1n) is 4.96. The van der Waals surface area contributed by atoms with E-state index in [1.165, 1.54) is 0 Å². The van der Waals surface area contributed by atoms with E-state index in [0.29, 0.717) is 6.42 Å². The Bertz CT molecular complexity index is 447. The first-order chi connectivity index (χ1) is 8.15. The highest BCUT2D eigenvalue weighted by molar-refractivity contribution is 9.10. The van der Waals surface area contributed by atoms with Crippen LogP contribution in [0.1, 0.15) is 12.1 Å². The van der Waals surface area contributed by atoms with Crippen molar-refractivity contribution in [2.24, 2.45) is 5.16 Å². The molecule has 6 nitrogen and oxygen atoms in total. The van der Waals surface area contributed by atoms with Gasteiger partial charge in [-0.15, -0.1) is 0 Å². The van der Waals surface area contributed by atoms with E-state index >= 15 is 0 Å². The number of aromatic nitrogens is 1. The summed E-state index contributed by atoms with van der Waals surface area (Å²) in [5, 5.41) is 14.6. The molecule has 1 amide bonds. The van der Waals surface area contributed by atoms with Crippen molar-refractivity contribution in [1.82, 2.24) is 10.3 Å². The second-order valence-electron chi connectivity index (χ2n) is 3.52. The minimum atomic E-state index is -1.07. The summed E-state index contributed by atoms with van der Waals surface area (Å²) in [4.78, 5) is 19.6. The van der Waals surface area contributed by atoms with Crippen molar-refractivity contribution in [3.8, 4) is 0 Å². The number of hydrogen-bond acceptors (Lipinski definition) is 4. The first kappa shape index (κ1) is 11.8. The molecule has 2 N–H and O–H groups in total. The zero-order valence-corrected chi connectivity index (χ0v) is 10.3. The number of rotatable bonds is 3. The molecule has 2 rings (SSSR count). The zero-order valence-electron chi connectivity index (χ0n) is 8.76. The Hall–Kier alpha value is -1.63. The molecule has 1 aromatic heterocycles. The summed E-state index contributed by atoms with van der Waals surface area (Å²) in [6.07, 6.45) is 0.908. The largest absolute Gasteiger partial charge is 0.465 e. The van der Waals surface area contributed by atoms with Crippen molar-refractivity contribution in [3.63, 3.8) is 0 Å². The van der Waals surface area contributed by atoms with E-state index in [4.69, 9.17) is 9.94 Å². The molecule has 7 heteroatoms. The Morgan fingerprint density at radius 2 is 2.47 bits per heavy atom. The molecule has 17 heavy (non-hydrogen) atoms. The molecule has 2 heterocycles. The highest BCUT2D eigenvalue weighted by atomic mass is 79.9. The summed E-state index contributed by atoms with van der Waals surface area (Å²) in [5.41, 5.74) is 1.47.